The summed E-state index contributed by atoms with van der Waals surface area (Å²) in [5.74, 6) is 1.23. The van der Waals surface area contributed by atoms with E-state index in [1.807, 2.05) is 13.0 Å². The lowest BCUT2D eigenvalue weighted by atomic mass is 10.2. The van der Waals surface area contributed by atoms with Crippen molar-refractivity contribution < 1.29 is 9.47 Å². The Bertz CT molecular complexity index is 680. The lowest BCUT2D eigenvalue weighted by molar-refractivity contribution is 0.354. The molecule has 2 aromatic rings. The molecule has 0 aliphatic heterocycles. The molecule has 106 valence electrons. The minimum Gasteiger partial charge on any atom is -0.493 e. The van der Waals surface area contributed by atoms with Gasteiger partial charge in [-0.25, -0.2) is 4.68 Å². The second kappa shape index (κ2) is 5.75. The van der Waals surface area contributed by atoms with E-state index in [1.165, 1.54) is 6.07 Å². The predicted octanol–water partition coefficient (Wildman–Crippen LogP) is 1.02. The number of aromatic nitrogens is 2. The van der Waals surface area contributed by atoms with E-state index >= 15 is 0 Å². The smallest absolute Gasteiger partial charge is 0.204 e. The van der Waals surface area contributed by atoms with E-state index in [9.17, 15) is 4.79 Å². The molecule has 0 aliphatic carbocycles. The molecule has 0 saturated heterocycles. The number of nitrogens with two attached hydrogens (primary N) is 1. The predicted molar refractivity (Wildman–Crippen MR) is 75.6 cm³/mol. The highest BCUT2D eigenvalue weighted by Gasteiger charge is 2.10. The fourth-order valence-electron chi connectivity index (χ4n) is 1.94. The summed E-state index contributed by atoms with van der Waals surface area (Å²) in [5.41, 5.74) is 7.20. The Balaban J connectivity index is 2.59. The molecule has 1 heterocycles. The van der Waals surface area contributed by atoms with E-state index in [-0.39, 0.29) is 12.0 Å². The van der Waals surface area contributed by atoms with Crippen LogP contribution in [0, 0.1) is 6.92 Å². The molecule has 6 nitrogen and oxygen atoms in total. The Labute approximate surface area is 116 Å². The zero-order valence-electron chi connectivity index (χ0n) is 11.7. The van der Waals surface area contributed by atoms with E-state index in [4.69, 9.17) is 15.2 Å². The SMILES string of the molecule is COc1ccc(-n2nc(CN)c(=O)cc2C)cc1OC. The molecule has 0 atom stereocenters. The van der Waals surface area contributed by atoms with Gasteiger partial charge >= 0.3 is 0 Å². The van der Waals surface area contributed by atoms with Crippen molar-refractivity contribution in [2.24, 2.45) is 5.73 Å². The van der Waals surface area contributed by atoms with Gasteiger partial charge in [0.25, 0.3) is 0 Å². The fourth-order valence-corrected chi connectivity index (χ4v) is 1.94. The molecule has 0 unspecified atom stereocenters. The van der Waals surface area contributed by atoms with Crippen LogP contribution in [-0.2, 0) is 6.54 Å². The molecule has 6 heteroatoms. The van der Waals surface area contributed by atoms with Gasteiger partial charge in [0.1, 0.15) is 5.69 Å². The van der Waals surface area contributed by atoms with Gasteiger partial charge in [-0.2, -0.15) is 5.10 Å². The third-order valence-electron chi connectivity index (χ3n) is 2.98. The van der Waals surface area contributed by atoms with E-state index < -0.39 is 0 Å². The topological polar surface area (TPSA) is 79.4 Å². The highest BCUT2D eigenvalue weighted by Crippen LogP contribution is 2.29. The monoisotopic (exact) mass is 275 g/mol. The molecule has 20 heavy (non-hydrogen) atoms. The van der Waals surface area contributed by atoms with Crippen molar-refractivity contribution in [2.75, 3.05) is 14.2 Å². The van der Waals surface area contributed by atoms with Gasteiger partial charge in [0.2, 0.25) is 5.43 Å². The highest BCUT2D eigenvalue weighted by atomic mass is 16.5. The number of hydrogen-bond acceptors (Lipinski definition) is 5. The van der Waals surface area contributed by atoms with Gasteiger partial charge in [0.15, 0.2) is 11.5 Å². The average Bonchev–Trinajstić information content (AvgIpc) is 2.46. The molecule has 0 radical (unpaired) electrons. The van der Waals surface area contributed by atoms with Crippen molar-refractivity contribution in [2.45, 2.75) is 13.5 Å². The Morgan fingerprint density at radius 1 is 1.20 bits per heavy atom. The van der Waals surface area contributed by atoms with Gasteiger partial charge < -0.3 is 15.2 Å². The summed E-state index contributed by atoms with van der Waals surface area (Å²) in [6.45, 7) is 1.91. The van der Waals surface area contributed by atoms with Crippen LogP contribution in [0.2, 0.25) is 0 Å². The summed E-state index contributed by atoms with van der Waals surface area (Å²) in [4.78, 5) is 11.7. The molecule has 0 amide bonds. The molecule has 1 aromatic heterocycles. The van der Waals surface area contributed by atoms with E-state index in [1.54, 1.807) is 31.0 Å². The minimum absolute atomic E-state index is 0.104. The van der Waals surface area contributed by atoms with E-state index in [0.717, 1.165) is 11.4 Å². The summed E-state index contributed by atoms with van der Waals surface area (Å²) in [6, 6.07) is 6.94. The van der Waals surface area contributed by atoms with Gasteiger partial charge in [-0.15, -0.1) is 0 Å². The van der Waals surface area contributed by atoms with Crippen LogP contribution >= 0.6 is 0 Å². The van der Waals surface area contributed by atoms with Gasteiger partial charge in [-0.1, -0.05) is 0 Å². The second-order valence-electron chi connectivity index (χ2n) is 4.25. The van der Waals surface area contributed by atoms with Gasteiger partial charge in [-0.3, -0.25) is 4.79 Å². The first kappa shape index (κ1) is 14.1. The van der Waals surface area contributed by atoms with Crippen LogP contribution < -0.4 is 20.6 Å². The second-order valence-corrected chi connectivity index (χ2v) is 4.25. The maximum absolute atomic E-state index is 11.7. The standard InChI is InChI=1S/C14H17N3O3/c1-9-6-12(18)11(8-15)16-17(9)10-4-5-13(19-2)14(7-10)20-3/h4-7H,8,15H2,1-3H3. The maximum Gasteiger partial charge on any atom is 0.204 e. The zero-order valence-corrected chi connectivity index (χ0v) is 11.7. The van der Waals surface area contributed by atoms with Gasteiger partial charge in [0.05, 0.1) is 19.9 Å². The first-order valence-corrected chi connectivity index (χ1v) is 6.13. The Hall–Kier alpha value is -2.34. The van der Waals surface area contributed by atoms with Gasteiger partial charge in [0, 0.05) is 24.4 Å². The number of methoxy groups -OCH3 is 2. The Kier molecular flexibility index (Phi) is 4.05. The summed E-state index contributed by atoms with van der Waals surface area (Å²) >= 11 is 0. The van der Waals surface area contributed by atoms with Crippen LogP contribution in [0.5, 0.6) is 11.5 Å². The largest absolute Gasteiger partial charge is 0.493 e. The van der Waals surface area contributed by atoms with Crippen LogP contribution in [0.15, 0.2) is 29.1 Å². The van der Waals surface area contributed by atoms with E-state index in [2.05, 4.69) is 5.10 Å². The fraction of sp³-hybridized carbons (Fsp3) is 0.286. The first-order chi connectivity index (χ1) is 9.60. The third kappa shape index (κ3) is 2.50. The Morgan fingerprint density at radius 3 is 2.50 bits per heavy atom. The number of rotatable bonds is 4. The van der Waals surface area contributed by atoms with Crippen molar-refractivity contribution >= 4 is 0 Å². The lowest BCUT2D eigenvalue weighted by Crippen LogP contribution is -2.21. The average molecular weight is 275 g/mol. The van der Waals surface area contributed by atoms with Crippen molar-refractivity contribution in [3.05, 3.63) is 45.9 Å². The van der Waals surface area contributed by atoms with Crippen molar-refractivity contribution in [3.63, 3.8) is 0 Å². The molecular weight excluding hydrogens is 258 g/mol. The summed E-state index contributed by atoms with van der Waals surface area (Å²) in [7, 11) is 3.14. The van der Waals surface area contributed by atoms with Crippen molar-refractivity contribution in [3.8, 4) is 17.2 Å². The van der Waals surface area contributed by atoms with Crippen LogP contribution in [0.25, 0.3) is 5.69 Å². The third-order valence-corrected chi connectivity index (χ3v) is 2.98. The van der Waals surface area contributed by atoms with Crippen LogP contribution in [0.4, 0.5) is 0 Å². The quantitative estimate of drug-likeness (QED) is 0.901. The zero-order chi connectivity index (χ0) is 14.7. The summed E-state index contributed by atoms with van der Waals surface area (Å²) in [5, 5.41) is 4.27. The van der Waals surface area contributed by atoms with Crippen molar-refractivity contribution in [1.29, 1.82) is 0 Å². The van der Waals surface area contributed by atoms with Crippen molar-refractivity contribution in [1.82, 2.24) is 9.78 Å². The number of benzene rings is 1. The highest BCUT2D eigenvalue weighted by molar-refractivity contribution is 5.48. The molecule has 0 fully saturated rings. The van der Waals surface area contributed by atoms with Crippen LogP contribution in [-0.4, -0.2) is 24.0 Å². The molecule has 2 rings (SSSR count). The van der Waals surface area contributed by atoms with Crippen LogP contribution in [0.3, 0.4) is 0 Å². The molecular formula is C14H17N3O3. The number of hydrogen-bond donors (Lipinski definition) is 1. The van der Waals surface area contributed by atoms with Gasteiger partial charge in [-0.05, 0) is 19.1 Å². The Morgan fingerprint density at radius 2 is 1.90 bits per heavy atom. The molecule has 0 bridgehead atoms. The number of aryl methyl sites for hydroxylation is 1. The summed E-state index contributed by atoms with van der Waals surface area (Å²) < 4.78 is 12.1. The normalized spacial score (nSPS) is 10.4. The lowest BCUT2D eigenvalue weighted by Gasteiger charge is -2.13. The first-order valence-electron chi connectivity index (χ1n) is 6.13. The minimum atomic E-state index is -0.151. The molecule has 1 aromatic carbocycles. The maximum atomic E-state index is 11.7. The molecule has 0 aliphatic rings. The van der Waals surface area contributed by atoms with Crippen LogP contribution in [0.1, 0.15) is 11.4 Å². The number of nitrogens with zero attached hydrogens (tertiary/aromatic N) is 2. The molecule has 0 spiro atoms. The number of ether oxygens (including phenoxy) is 2. The van der Waals surface area contributed by atoms with E-state index in [0.29, 0.717) is 17.2 Å². The molecule has 0 saturated carbocycles. The summed E-state index contributed by atoms with van der Waals surface area (Å²) in [6.07, 6.45) is 0. The molecule has 2 N–H and O–H groups in total.